The van der Waals surface area contributed by atoms with Crippen molar-refractivity contribution in [3.05, 3.63) is 12.0 Å². The summed E-state index contributed by atoms with van der Waals surface area (Å²) in [5.74, 6) is 0. The van der Waals surface area contributed by atoms with E-state index in [1.807, 2.05) is 0 Å². The molecular formula is C16H29N3O. The van der Waals surface area contributed by atoms with Crippen LogP contribution in [0.3, 0.4) is 0 Å². The van der Waals surface area contributed by atoms with Crippen LogP contribution in [0.4, 0.5) is 6.01 Å². The molecule has 0 saturated heterocycles. The van der Waals surface area contributed by atoms with Crippen LogP contribution in [0.25, 0.3) is 0 Å². The van der Waals surface area contributed by atoms with E-state index in [-0.39, 0.29) is 5.54 Å². The highest BCUT2D eigenvalue weighted by molar-refractivity contribution is 5.29. The molecule has 4 heteroatoms. The van der Waals surface area contributed by atoms with Crippen LogP contribution in [0, 0.1) is 0 Å². The number of aromatic nitrogens is 1. The molecule has 1 saturated carbocycles. The number of anilines is 1. The Kier molecular flexibility index (Phi) is 5.08. The quantitative estimate of drug-likeness (QED) is 0.892. The lowest BCUT2D eigenvalue weighted by molar-refractivity contribution is 0.394. The Morgan fingerprint density at radius 3 is 2.60 bits per heavy atom. The normalized spacial score (nSPS) is 17.4. The van der Waals surface area contributed by atoms with Crippen molar-refractivity contribution in [3.63, 3.8) is 0 Å². The van der Waals surface area contributed by atoms with Crippen LogP contribution in [-0.2, 0) is 6.54 Å². The van der Waals surface area contributed by atoms with Crippen LogP contribution >= 0.6 is 0 Å². The summed E-state index contributed by atoms with van der Waals surface area (Å²) in [5.41, 5.74) is 1.09. The third-order valence-electron chi connectivity index (χ3n) is 3.94. The summed E-state index contributed by atoms with van der Waals surface area (Å²) >= 11 is 0. The first kappa shape index (κ1) is 15.4. The largest absolute Gasteiger partial charge is 0.432 e. The van der Waals surface area contributed by atoms with E-state index < -0.39 is 0 Å². The topological polar surface area (TPSA) is 41.3 Å². The fourth-order valence-electron chi connectivity index (χ4n) is 2.81. The van der Waals surface area contributed by atoms with Crippen molar-refractivity contribution in [3.8, 4) is 0 Å². The standard InChI is InChI=1S/C16H29N3O/c1-5-19(14-9-7-6-8-10-14)15-18-13(12-20-15)11-17-16(2,3)4/h12,14,17H,5-11H2,1-4H3. The van der Waals surface area contributed by atoms with Crippen molar-refractivity contribution in [2.45, 2.75) is 77.9 Å². The van der Waals surface area contributed by atoms with Gasteiger partial charge in [-0.3, -0.25) is 0 Å². The van der Waals surface area contributed by atoms with Crippen molar-refractivity contribution in [1.82, 2.24) is 10.3 Å². The summed E-state index contributed by atoms with van der Waals surface area (Å²) in [7, 11) is 0. The van der Waals surface area contributed by atoms with Crippen LogP contribution in [-0.4, -0.2) is 23.1 Å². The van der Waals surface area contributed by atoms with Gasteiger partial charge in [0, 0.05) is 24.7 Å². The molecule has 114 valence electrons. The minimum absolute atomic E-state index is 0.104. The molecule has 20 heavy (non-hydrogen) atoms. The molecule has 1 fully saturated rings. The fourth-order valence-corrected chi connectivity index (χ4v) is 2.81. The second-order valence-electron chi connectivity index (χ2n) is 6.80. The van der Waals surface area contributed by atoms with Gasteiger partial charge in [-0.25, -0.2) is 0 Å². The van der Waals surface area contributed by atoms with Crippen LogP contribution in [0.5, 0.6) is 0 Å². The van der Waals surface area contributed by atoms with Gasteiger partial charge in [0.05, 0.1) is 5.69 Å². The van der Waals surface area contributed by atoms with E-state index >= 15 is 0 Å². The fraction of sp³-hybridized carbons (Fsp3) is 0.812. The van der Waals surface area contributed by atoms with Crippen molar-refractivity contribution < 1.29 is 4.42 Å². The monoisotopic (exact) mass is 279 g/mol. The van der Waals surface area contributed by atoms with Gasteiger partial charge in [0.2, 0.25) is 0 Å². The molecular weight excluding hydrogens is 250 g/mol. The number of nitrogens with one attached hydrogen (secondary N) is 1. The first-order valence-electron chi connectivity index (χ1n) is 7.95. The third-order valence-corrected chi connectivity index (χ3v) is 3.94. The zero-order valence-corrected chi connectivity index (χ0v) is 13.4. The molecule has 1 aromatic rings. The predicted molar refractivity (Wildman–Crippen MR) is 83.0 cm³/mol. The molecule has 4 nitrogen and oxygen atoms in total. The van der Waals surface area contributed by atoms with E-state index in [0.717, 1.165) is 24.8 Å². The Labute approximate surface area is 122 Å². The van der Waals surface area contributed by atoms with Gasteiger partial charge in [0.25, 0.3) is 6.01 Å². The summed E-state index contributed by atoms with van der Waals surface area (Å²) in [6.45, 7) is 10.4. The summed E-state index contributed by atoms with van der Waals surface area (Å²) in [6.07, 6.45) is 8.37. The predicted octanol–water partition coefficient (Wildman–Crippen LogP) is 3.72. The van der Waals surface area contributed by atoms with Crippen molar-refractivity contribution in [1.29, 1.82) is 0 Å². The second kappa shape index (κ2) is 6.61. The lowest BCUT2D eigenvalue weighted by Crippen LogP contribution is -2.37. The summed E-state index contributed by atoms with van der Waals surface area (Å²) in [6, 6.07) is 1.40. The molecule has 0 atom stereocenters. The smallest absolute Gasteiger partial charge is 0.297 e. The van der Waals surface area contributed by atoms with Gasteiger partial charge in [-0.05, 0) is 40.5 Å². The maximum absolute atomic E-state index is 5.71. The molecule has 1 aromatic heterocycles. The Bertz CT molecular complexity index is 402. The number of hydrogen-bond donors (Lipinski definition) is 1. The van der Waals surface area contributed by atoms with E-state index in [1.165, 1.54) is 32.1 Å². The molecule has 0 aliphatic heterocycles. The third kappa shape index (κ3) is 4.23. The molecule has 1 aliphatic carbocycles. The van der Waals surface area contributed by atoms with Gasteiger partial charge in [0.1, 0.15) is 6.26 Å². The lowest BCUT2D eigenvalue weighted by Gasteiger charge is -2.32. The second-order valence-corrected chi connectivity index (χ2v) is 6.80. The number of hydrogen-bond acceptors (Lipinski definition) is 4. The molecule has 0 radical (unpaired) electrons. The zero-order valence-electron chi connectivity index (χ0n) is 13.4. The van der Waals surface area contributed by atoms with Gasteiger partial charge in [-0.1, -0.05) is 19.3 Å². The molecule has 0 aromatic carbocycles. The Balaban J connectivity index is 1.98. The number of rotatable bonds is 5. The highest BCUT2D eigenvalue weighted by Gasteiger charge is 2.23. The molecule has 0 spiro atoms. The molecule has 1 aliphatic rings. The highest BCUT2D eigenvalue weighted by atomic mass is 16.4. The highest BCUT2D eigenvalue weighted by Crippen LogP contribution is 2.26. The Morgan fingerprint density at radius 1 is 1.30 bits per heavy atom. The summed E-state index contributed by atoms with van der Waals surface area (Å²) in [5, 5.41) is 3.45. The van der Waals surface area contributed by atoms with Crippen molar-refractivity contribution in [2.75, 3.05) is 11.4 Å². The average Bonchev–Trinajstić information content (AvgIpc) is 2.87. The van der Waals surface area contributed by atoms with Gasteiger partial charge in [-0.2, -0.15) is 4.98 Å². The maximum atomic E-state index is 5.71. The first-order valence-corrected chi connectivity index (χ1v) is 7.95. The Morgan fingerprint density at radius 2 is 2.00 bits per heavy atom. The van der Waals surface area contributed by atoms with Crippen molar-refractivity contribution in [2.24, 2.45) is 0 Å². The average molecular weight is 279 g/mol. The maximum Gasteiger partial charge on any atom is 0.297 e. The summed E-state index contributed by atoms with van der Waals surface area (Å²) in [4.78, 5) is 6.99. The minimum Gasteiger partial charge on any atom is -0.432 e. The van der Waals surface area contributed by atoms with Crippen molar-refractivity contribution >= 4 is 6.01 Å². The molecule has 1 heterocycles. The first-order chi connectivity index (χ1) is 9.49. The van der Waals surface area contributed by atoms with E-state index in [4.69, 9.17) is 4.42 Å². The van der Waals surface area contributed by atoms with Crippen LogP contribution < -0.4 is 10.2 Å². The van der Waals surface area contributed by atoms with Gasteiger partial charge >= 0.3 is 0 Å². The van der Waals surface area contributed by atoms with Crippen LogP contribution in [0.15, 0.2) is 10.7 Å². The lowest BCUT2D eigenvalue weighted by atomic mass is 9.94. The SMILES string of the molecule is CCN(c1nc(CNC(C)(C)C)co1)C1CCCCC1. The molecule has 1 N–H and O–H groups in total. The van der Waals surface area contributed by atoms with E-state index in [2.05, 4.69) is 42.9 Å². The number of nitrogens with zero attached hydrogens (tertiary/aromatic N) is 2. The van der Waals surface area contributed by atoms with Gasteiger partial charge < -0.3 is 14.6 Å². The molecule has 2 rings (SSSR count). The molecule has 0 bridgehead atoms. The van der Waals surface area contributed by atoms with Gasteiger partial charge in [-0.15, -0.1) is 0 Å². The zero-order chi connectivity index (χ0) is 14.6. The van der Waals surface area contributed by atoms with E-state index in [1.54, 1.807) is 6.26 Å². The Hall–Kier alpha value is -1.03. The van der Waals surface area contributed by atoms with Crippen LogP contribution in [0.2, 0.25) is 0 Å². The van der Waals surface area contributed by atoms with E-state index in [0.29, 0.717) is 6.04 Å². The minimum atomic E-state index is 0.104. The summed E-state index contributed by atoms with van der Waals surface area (Å²) < 4.78 is 5.71. The van der Waals surface area contributed by atoms with Gasteiger partial charge in [0.15, 0.2) is 0 Å². The molecule has 0 amide bonds. The number of oxazole rings is 1. The van der Waals surface area contributed by atoms with E-state index in [9.17, 15) is 0 Å². The van der Waals surface area contributed by atoms with Crippen LogP contribution in [0.1, 0.15) is 65.5 Å². The molecule has 0 unspecified atom stereocenters.